The van der Waals surface area contributed by atoms with Crippen molar-refractivity contribution in [2.24, 2.45) is 0 Å². The van der Waals surface area contributed by atoms with Crippen LogP contribution in [0.2, 0.25) is 0 Å². The number of rotatable bonds is 2. The number of carbonyl (C=O) groups is 2. The normalized spacial score (nSPS) is 13.6. The number of benzene rings is 1. The van der Waals surface area contributed by atoms with Crippen molar-refractivity contribution in [2.75, 3.05) is 6.54 Å². The largest absolute Gasteiger partial charge is 0.416 e. The monoisotopic (exact) mass is 374 g/mol. The molecule has 0 atom stereocenters. The zero-order valence-corrected chi connectivity index (χ0v) is 14.6. The molecule has 1 aromatic heterocycles. The molecule has 0 saturated carbocycles. The highest BCUT2D eigenvalue weighted by Gasteiger charge is 2.30. The molecule has 4 nitrogen and oxygen atoms in total. The third-order valence-corrected chi connectivity index (χ3v) is 4.42. The van der Waals surface area contributed by atoms with Crippen LogP contribution in [0.25, 0.3) is 0 Å². The molecule has 0 unspecified atom stereocenters. The first-order valence-corrected chi connectivity index (χ1v) is 8.46. The maximum atomic E-state index is 12.7. The average molecular weight is 374 g/mol. The van der Waals surface area contributed by atoms with Crippen molar-refractivity contribution < 1.29 is 22.8 Å². The third-order valence-electron chi connectivity index (χ3n) is 4.42. The first kappa shape index (κ1) is 18.8. The van der Waals surface area contributed by atoms with E-state index in [9.17, 15) is 22.8 Å². The Labute approximate surface area is 154 Å². The lowest BCUT2D eigenvalue weighted by Crippen LogP contribution is -2.24. The summed E-state index contributed by atoms with van der Waals surface area (Å²) >= 11 is 0. The topological polar surface area (TPSA) is 62.0 Å². The molecule has 0 aliphatic heterocycles. The molecule has 1 amide bonds. The number of aryl methyl sites for hydroxylation is 1. The van der Waals surface area contributed by atoms with E-state index in [2.05, 4.69) is 22.1 Å². The SMILES string of the molecule is Cc1c(C(=O)NCC#Cc2cccc(C(F)(F)F)c2)[nH]c2c1C(=O)CCC2. The summed E-state index contributed by atoms with van der Waals surface area (Å²) in [4.78, 5) is 27.3. The van der Waals surface area contributed by atoms with Gasteiger partial charge in [0.2, 0.25) is 0 Å². The first-order valence-electron chi connectivity index (χ1n) is 8.46. The minimum atomic E-state index is -4.42. The van der Waals surface area contributed by atoms with Gasteiger partial charge in [0.1, 0.15) is 5.69 Å². The van der Waals surface area contributed by atoms with Crippen LogP contribution in [0.3, 0.4) is 0 Å². The number of amides is 1. The summed E-state index contributed by atoms with van der Waals surface area (Å²) in [7, 11) is 0. The molecule has 0 bridgehead atoms. The number of halogens is 3. The molecular weight excluding hydrogens is 357 g/mol. The summed E-state index contributed by atoms with van der Waals surface area (Å²) < 4.78 is 38.0. The number of alkyl halides is 3. The van der Waals surface area contributed by atoms with Gasteiger partial charge in [0, 0.05) is 23.2 Å². The van der Waals surface area contributed by atoms with Crippen molar-refractivity contribution >= 4 is 11.7 Å². The Morgan fingerprint density at radius 1 is 1.30 bits per heavy atom. The highest BCUT2D eigenvalue weighted by molar-refractivity contribution is 6.04. The number of ketones is 1. The van der Waals surface area contributed by atoms with E-state index in [4.69, 9.17) is 0 Å². The van der Waals surface area contributed by atoms with Crippen molar-refractivity contribution in [3.8, 4) is 11.8 Å². The Balaban J connectivity index is 1.67. The Hall–Kier alpha value is -3.01. The van der Waals surface area contributed by atoms with Gasteiger partial charge < -0.3 is 10.3 Å². The molecule has 1 heterocycles. The van der Waals surface area contributed by atoms with Crippen LogP contribution in [0.5, 0.6) is 0 Å². The average Bonchev–Trinajstić information content (AvgIpc) is 2.96. The highest BCUT2D eigenvalue weighted by atomic mass is 19.4. The summed E-state index contributed by atoms with van der Waals surface area (Å²) in [6, 6.07) is 4.70. The number of hydrogen-bond donors (Lipinski definition) is 2. The van der Waals surface area contributed by atoms with Crippen molar-refractivity contribution in [1.82, 2.24) is 10.3 Å². The minimum Gasteiger partial charge on any atom is -0.354 e. The maximum absolute atomic E-state index is 12.7. The second kappa shape index (κ2) is 7.31. The van der Waals surface area contributed by atoms with E-state index in [0.717, 1.165) is 30.7 Å². The van der Waals surface area contributed by atoms with Gasteiger partial charge in [-0.1, -0.05) is 17.9 Å². The van der Waals surface area contributed by atoms with E-state index in [-0.39, 0.29) is 17.9 Å². The maximum Gasteiger partial charge on any atom is 0.416 e. The summed E-state index contributed by atoms with van der Waals surface area (Å²) in [5.74, 6) is 4.89. The quantitative estimate of drug-likeness (QED) is 0.789. The van der Waals surface area contributed by atoms with Crippen molar-refractivity contribution in [2.45, 2.75) is 32.4 Å². The predicted octanol–water partition coefficient (Wildman–Crippen LogP) is 3.64. The second-order valence-electron chi connectivity index (χ2n) is 6.32. The third kappa shape index (κ3) is 4.05. The van der Waals surface area contributed by atoms with Crippen LogP contribution < -0.4 is 5.32 Å². The number of hydrogen-bond acceptors (Lipinski definition) is 2. The highest BCUT2D eigenvalue weighted by Crippen LogP contribution is 2.29. The summed E-state index contributed by atoms with van der Waals surface area (Å²) in [6.07, 6.45) is -2.46. The van der Waals surface area contributed by atoms with Crippen molar-refractivity contribution in [3.63, 3.8) is 0 Å². The lowest BCUT2D eigenvalue weighted by atomic mass is 9.94. The van der Waals surface area contributed by atoms with Crippen LogP contribution in [0.4, 0.5) is 13.2 Å². The molecule has 7 heteroatoms. The number of Topliss-reactive ketones (excluding diaryl/α,β-unsaturated/α-hetero) is 1. The van der Waals surface area contributed by atoms with Gasteiger partial charge in [-0.2, -0.15) is 13.2 Å². The van der Waals surface area contributed by atoms with Gasteiger partial charge in [0.25, 0.3) is 5.91 Å². The fraction of sp³-hybridized carbons (Fsp3) is 0.300. The smallest absolute Gasteiger partial charge is 0.354 e. The fourth-order valence-electron chi connectivity index (χ4n) is 3.13. The summed E-state index contributed by atoms with van der Waals surface area (Å²) in [5.41, 5.74) is 1.78. The molecule has 2 N–H and O–H groups in total. The molecular formula is C20H17F3N2O2. The van der Waals surface area contributed by atoms with Crippen LogP contribution >= 0.6 is 0 Å². The van der Waals surface area contributed by atoms with Gasteiger partial charge in [-0.3, -0.25) is 9.59 Å². The zero-order chi connectivity index (χ0) is 19.6. The molecule has 0 radical (unpaired) electrons. The summed E-state index contributed by atoms with van der Waals surface area (Å²) in [6.45, 7) is 1.70. The molecule has 3 rings (SSSR count). The van der Waals surface area contributed by atoms with Crippen LogP contribution in [0.15, 0.2) is 24.3 Å². The van der Waals surface area contributed by atoms with E-state index in [0.29, 0.717) is 23.2 Å². The van der Waals surface area contributed by atoms with E-state index >= 15 is 0 Å². The fourth-order valence-corrected chi connectivity index (χ4v) is 3.13. The minimum absolute atomic E-state index is 0.0217. The number of carbonyl (C=O) groups excluding carboxylic acids is 2. The molecule has 0 fully saturated rings. The van der Waals surface area contributed by atoms with Gasteiger partial charge in [0.05, 0.1) is 12.1 Å². The van der Waals surface area contributed by atoms with E-state index < -0.39 is 17.6 Å². The van der Waals surface area contributed by atoms with Gasteiger partial charge >= 0.3 is 6.18 Å². The Morgan fingerprint density at radius 3 is 2.78 bits per heavy atom. The van der Waals surface area contributed by atoms with Gasteiger partial charge in [-0.05, 0) is 43.5 Å². The predicted molar refractivity (Wildman–Crippen MR) is 93.5 cm³/mol. The molecule has 1 aliphatic carbocycles. The number of nitrogens with one attached hydrogen (secondary N) is 2. The van der Waals surface area contributed by atoms with Gasteiger partial charge in [0.15, 0.2) is 5.78 Å². The van der Waals surface area contributed by atoms with Crippen LogP contribution in [-0.4, -0.2) is 23.2 Å². The van der Waals surface area contributed by atoms with Crippen LogP contribution in [0, 0.1) is 18.8 Å². The Bertz CT molecular complexity index is 962. The standard InChI is InChI=1S/C20H17F3N2O2/c1-12-17-15(8-3-9-16(17)26)25-18(12)19(27)24-10-4-6-13-5-2-7-14(11-13)20(21,22)23/h2,5,7,11,25H,3,8-10H2,1H3,(H,24,27). The molecule has 1 aliphatic rings. The Morgan fingerprint density at radius 2 is 2.07 bits per heavy atom. The molecule has 1 aromatic carbocycles. The number of fused-ring (bicyclic) bond motifs is 1. The Kier molecular flexibility index (Phi) is 5.08. The molecule has 2 aromatic rings. The lowest BCUT2D eigenvalue weighted by Gasteiger charge is -2.09. The van der Waals surface area contributed by atoms with Crippen molar-refractivity contribution in [3.05, 3.63) is 57.9 Å². The van der Waals surface area contributed by atoms with Gasteiger partial charge in [-0.25, -0.2) is 0 Å². The van der Waals surface area contributed by atoms with Gasteiger partial charge in [-0.15, -0.1) is 0 Å². The number of aromatic nitrogens is 1. The van der Waals surface area contributed by atoms with Crippen LogP contribution in [0.1, 0.15) is 56.1 Å². The number of aromatic amines is 1. The lowest BCUT2D eigenvalue weighted by molar-refractivity contribution is -0.137. The molecule has 27 heavy (non-hydrogen) atoms. The molecule has 0 spiro atoms. The molecule has 140 valence electrons. The van der Waals surface area contributed by atoms with E-state index in [1.807, 2.05) is 0 Å². The first-order chi connectivity index (χ1) is 12.8. The molecule has 0 saturated heterocycles. The summed E-state index contributed by atoms with van der Waals surface area (Å²) in [5, 5.41) is 2.60. The van der Waals surface area contributed by atoms with E-state index in [1.165, 1.54) is 12.1 Å². The van der Waals surface area contributed by atoms with Crippen molar-refractivity contribution in [1.29, 1.82) is 0 Å². The van der Waals surface area contributed by atoms with E-state index in [1.54, 1.807) is 6.92 Å². The second-order valence-corrected chi connectivity index (χ2v) is 6.32. The zero-order valence-electron chi connectivity index (χ0n) is 14.6. The van der Waals surface area contributed by atoms with Crippen LogP contribution in [-0.2, 0) is 12.6 Å². The number of H-pyrrole nitrogens is 1.